The predicted molar refractivity (Wildman–Crippen MR) is 58.9 cm³/mol. The monoisotopic (exact) mass is 214 g/mol. The van der Waals surface area contributed by atoms with Crippen molar-refractivity contribution in [1.82, 2.24) is 0 Å². The van der Waals surface area contributed by atoms with E-state index in [1.165, 1.54) is 0 Å². The van der Waals surface area contributed by atoms with Gasteiger partial charge in [0.1, 0.15) is 6.10 Å². The van der Waals surface area contributed by atoms with Crippen LogP contribution in [0.25, 0.3) is 0 Å². The van der Waals surface area contributed by atoms with E-state index in [1.54, 1.807) is 0 Å². The van der Waals surface area contributed by atoms with Gasteiger partial charge in [0.2, 0.25) is 0 Å². The van der Waals surface area contributed by atoms with Gasteiger partial charge < -0.3 is 9.47 Å². The second kappa shape index (κ2) is 5.08. The van der Waals surface area contributed by atoms with Crippen molar-refractivity contribution in [1.29, 1.82) is 0 Å². The van der Waals surface area contributed by atoms with Gasteiger partial charge in [0.15, 0.2) is 5.78 Å². The molecule has 0 aromatic carbocycles. The third-order valence-corrected chi connectivity index (χ3v) is 2.59. The number of ether oxygens (including phenoxy) is 2. The van der Waals surface area contributed by atoms with Crippen LogP contribution in [0.4, 0.5) is 0 Å². The smallest absolute Gasteiger partial charge is 0.166 e. The quantitative estimate of drug-likeness (QED) is 0.703. The molecule has 0 aromatic rings. The average molecular weight is 214 g/mol. The van der Waals surface area contributed by atoms with Gasteiger partial charge in [-0.05, 0) is 18.8 Å². The summed E-state index contributed by atoms with van der Waals surface area (Å²) < 4.78 is 11.0. The molecule has 0 spiro atoms. The van der Waals surface area contributed by atoms with E-state index in [1.807, 2.05) is 6.92 Å². The van der Waals surface area contributed by atoms with Crippen LogP contribution in [-0.4, -0.2) is 31.2 Å². The number of carbonyl (C=O) groups is 1. The zero-order valence-corrected chi connectivity index (χ0v) is 10.2. The maximum atomic E-state index is 11.2. The molecule has 1 aliphatic rings. The first-order valence-corrected chi connectivity index (χ1v) is 5.70. The van der Waals surface area contributed by atoms with E-state index in [2.05, 4.69) is 20.8 Å². The summed E-state index contributed by atoms with van der Waals surface area (Å²) >= 11 is 0. The van der Waals surface area contributed by atoms with Crippen molar-refractivity contribution in [2.45, 2.75) is 52.7 Å². The molecule has 2 unspecified atom stereocenters. The molecule has 88 valence electrons. The van der Waals surface area contributed by atoms with Gasteiger partial charge in [0.05, 0.1) is 6.10 Å². The molecule has 1 fully saturated rings. The zero-order chi connectivity index (χ0) is 11.5. The van der Waals surface area contributed by atoms with Crippen LogP contribution in [0.2, 0.25) is 0 Å². The Morgan fingerprint density at radius 3 is 2.47 bits per heavy atom. The van der Waals surface area contributed by atoms with E-state index in [4.69, 9.17) is 9.47 Å². The van der Waals surface area contributed by atoms with E-state index in [0.717, 1.165) is 6.42 Å². The summed E-state index contributed by atoms with van der Waals surface area (Å²) in [5, 5.41) is 0. The third kappa shape index (κ3) is 3.92. The molecule has 0 aliphatic heterocycles. The normalized spacial score (nSPS) is 26.5. The van der Waals surface area contributed by atoms with Crippen LogP contribution in [0.3, 0.4) is 0 Å². The van der Waals surface area contributed by atoms with Crippen LogP contribution in [0.15, 0.2) is 0 Å². The lowest BCUT2D eigenvalue weighted by Crippen LogP contribution is -2.50. The molecular formula is C12H22O3. The molecule has 1 aliphatic carbocycles. The van der Waals surface area contributed by atoms with Crippen molar-refractivity contribution in [3.05, 3.63) is 0 Å². The maximum absolute atomic E-state index is 11.2. The SMILES string of the molecule is CCOC1C(=O)CC1OCCC(C)(C)C. The standard InChI is InChI=1S/C12H22O3/c1-5-14-11-9(13)8-10(11)15-7-6-12(2,3)4/h10-11H,5-8H2,1-4H3. The second-order valence-electron chi connectivity index (χ2n) is 5.27. The van der Waals surface area contributed by atoms with Gasteiger partial charge in [0, 0.05) is 19.6 Å². The van der Waals surface area contributed by atoms with Gasteiger partial charge in [-0.1, -0.05) is 20.8 Å². The Morgan fingerprint density at radius 1 is 1.33 bits per heavy atom. The van der Waals surface area contributed by atoms with Crippen molar-refractivity contribution in [3.63, 3.8) is 0 Å². The van der Waals surface area contributed by atoms with E-state index in [-0.39, 0.29) is 23.4 Å². The second-order valence-corrected chi connectivity index (χ2v) is 5.27. The minimum Gasteiger partial charge on any atom is -0.375 e. The minimum absolute atomic E-state index is 0.000185. The molecule has 0 bridgehead atoms. The highest BCUT2D eigenvalue weighted by Gasteiger charge is 2.41. The fraction of sp³-hybridized carbons (Fsp3) is 0.917. The Balaban J connectivity index is 2.20. The van der Waals surface area contributed by atoms with Crippen LogP contribution >= 0.6 is 0 Å². The van der Waals surface area contributed by atoms with Crippen molar-refractivity contribution >= 4 is 5.78 Å². The minimum atomic E-state index is -0.296. The number of hydrogen-bond donors (Lipinski definition) is 0. The fourth-order valence-corrected chi connectivity index (χ4v) is 1.51. The van der Waals surface area contributed by atoms with Crippen LogP contribution in [0.5, 0.6) is 0 Å². The van der Waals surface area contributed by atoms with Crippen LogP contribution in [-0.2, 0) is 14.3 Å². The Hall–Kier alpha value is -0.410. The molecule has 0 amide bonds. The highest BCUT2D eigenvalue weighted by molar-refractivity contribution is 5.90. The summed E-state index contributed by atoms with van der Waals surface area (Å²) in [6, 6.07) is 0. The molecule has 1 rings (SSSR count). The summed E-state index contributed by atoms with van der Waals surface area (Å²) in [6.07, 6.45) is 1.24. The summed E-state index contributed by atoms with van der Waals surface area (Å²) in [4.78, 5) is 11.2. The van der Waals surface area contributed by atoms with E-state index < -0.39 is 0 Å². The third-order valence-electron chi connectivity index (χ3n) is 2.59. The van der Waals surface area contributed by atoms with Gasteiger partial charge in [-0.15, -0.1) is 0 Å². The van der Waals surface area contributed by atoms with Crippen molar-refractivity contribution < 1.29 is 14.3 Å². The largest absolute Gasteiger partial charge is 0.375 e. The van der Waals surface area contributed by atoms with E-state index in [0.29, 0.717) is 19.6 Å². The number of rotatable bonds is 5. The number of carbonyl (C=O) groups excluding carboxylic acids is 1. The highest BCUT2D eigenvalue weighted by Crippen LogP contribution is 2.25. The van der Waals surface area contributed by atoms with Gasteiger partial charge in [-0.3, -0.25) is 4.79 Å². The number of ketones is 1. The molecule has 3 nitrogen and oxygen atoms in total. The van der Waals surface area contributed by atoms with Crippen LogP contribution < -0.4 is 0 Å². The number of Topliss-reactive ketones (excluding diaryl/α,β-unsaturated/α-hetero) is 1. The molecule has 0 saturated heterocycles. The summed E-state index contributed by atoms with van der Waals surface area (Å²) in [5.41, 5.74) is 0.287. The maximum Gasteiger partial charge on any atom is 0.166 e. The molecule has 3 heteroatoms. The summed E-state index contributed by atoms with van der Waals surface area (Å²) in [5.74, 6) is 0.178. The Bertz CT molecular complexity index is 217. The molecule has 0 radical (unpaired) electrons. The molecule has 0 heterocycles. The first-order chi connectivity index (χ1) is 6.94. The Labute approximate surface area is 92.1 Å². The topological polar surface area (TPSA) is 35.5 Å². The van der Waals surface area contributed by atoms with Crippen LogP contribution in [0.1, 0.15) is 40.5 Å². The molecular weight excluding hydrogens is 192 g/mol. The molecule has 1 saturated carbocycles. The summed E-state index contributed by atoms with van der Waals surface area (Å²) in [6.45, 7) is 9.74. The average Bonchev–Trinajstić information content (AvgIpc) is 2.11. The molecule has 15 heavy (non-hydrogen) atoms. The number of hydrogen-bond acceptors (Lipinski definition) is 3. The first kappa shape index (κ1) is 12.7. The van der Waals surface area contributed by atoms with Gasteiger partial charge in [-0.25, -0.2) is 0 Å². The molecule has 0 N–H and O–H groups in total. The van der Waals surface area contributed by atoms with Crippen molar-refractivity contribution in [2.24, 2.45) is 5.41 Å². The van der Waals surface area contributed by atoms with Gasteiger partial charge in [-0.2, -0.15) is 0 Å². The zero-order valence-electron chi connectivity index (χ0n) is 10.2. The Morgan fingerprint density at radius 2 is 2.00 bits per heavy atom. The van der Waals surface area contributed by atoms with Gasteiger partial charge >= 0.3 is 0 Å². The summed E-state index contributed by atoms with van der Waals surface area (Å²) in [7, 11) is 0. The van der Waals surface area contributed by atoms with Crippen LogP contribution in [0, 0.1) is 5.41 Å². The molecule has 0 aromatic heterocycles. The van der Waals surface area contributed by atoms with Gasteiger partial charge in [0.25, 0.3) is 0 Å². The van der Waals surface area contributed by atoms with E-state index >= 15 is 0 Å². The van der Waals surface area contributed by atoms with E-state index in [9.17, 15) is 4.79 Å². The Kier molecular flexibility index (Phi) is 4.29. The first-order valence-electron chi connectivity index (χ1n) is 5.70. The van der Waals surface area contributed by atoms with Crippen molar-refractivity contribution in [2.75, 3.05) is 13.2 Å². The lowest BCUT2D eigenvalue weighted by atomic mass is 9.89. The van der Waals surface area contributed by atoms with Crippen molar-refractivity contribution in [3.8, 4) is 0 Å². The highest BCUT2D eigenvalue weighted by atomic mass is 16.5. The predicted octanol–water partition coefficient (Wildman–Crippen LogP) is 2.19. The fourth-order valence-electron chi connectivity index (χ4n) is 1.51. The lowest BCUT2D eigenvalue weighted by molar-refractivity contribution is -0.165. The lowest BCUT2D eigenvalue weighted by Gasteiger charge is -2.34. The molecule has 2 atom stereocenters.